The maximum atomic E-state index is 12.4. The monoisotopic (exact) mass is 358 g/mol. The highest BCUT2D eigenvalue weighted by molar-refractivity contribution is 6.36. The van der Waals surface area contributed by atoms with Crippen molar-refractivity contribution in [2.45, 2.75) is 59.2 Å². The number of rotatable bonds is 5. The fourth-order valence-corrected chi connectivity index (χ4v) is 2.63. The Bertz CT molecular complexity index is 562. The normalized spacial score (nSPS) is 12.7. The fraction of sp³-hybridized carbons (Fsp3) is 0.529. The van der Waals surface area contributed by atoms with Crippen LogP contribution in [0.15, 0.2) is 18.2 Å². The maximum absolute atomic E-state index is 12.4. The molecule has 1 N–H and O–H groups in total. The van der Waals surface area contributed by atoms with Gasteiger partial charge in [0.15, 0.2) is 0 Å². The minimum absolute atomic E-state index is 0.127. The van der Waals surface area contributed by atoms with E-state index < -0.39 is 6.04 Å². The lowest BCUT2D eigenvalue weighted by atomic mass is 10.1. The van der Waals surface area contributed by atoms with Crippen LogP contribution in [0.5, 0.6) is 0 Å². The SMILES string of the molecule is CCC(=O)N(Cc1c(Cl)cccc1Cl)[C@@H](C)C(=O)NC(C)(C)C. The van der Waals surface area contributed by atoms with E-state index >= 15 is 0 Å². The van der Waals surface area contributed by atoms with Gasteiger partial charge in [0.1, 0.15) is 6.04 Å². The van der Waals surface area contributed by atoms with Crippen LogP contribution in [-0.4, -0.2) is 28.3 Å². The average Bonchev–Trinajstić information content (AvgIpc) is 2.44. The highest BCUT2D eigenvalue weighted by atomic mass is 35.5. The van der Waals surface area contributed by atoms with E-state index in [1.165, 1.54) is 4.90 Å². The van der Waals surface area contributed by atoms with Gasteiger partial charge in [-0.3, -0.25) is 9.59 Å². The van der Waals surface area contributed by atoms with Crippen LogP contribution in [0.3, 0.4) is 0 Å². The van der Waals surface area contributed by atoms with Gasteiger partial charge in [-0.15, -0.1) is 0 Å². The Hall–Kier alpha value is -1.26. The first kappa shape index (κ1) is 19.8. The zero-order valence-electron chi connectivity index (χ0n) is 14.2. The highest BCUT2D eigenvalue weighted by Gasteiger charge is 2.28. The van der Waals surface area contributed by atoms with Crippen LogP contribution in [-0.2, 0) is 16.1 Å². The molecule has 1 atom stereocenters. The molecular weight excluding hydrogens is 335 g/mol. The van der Waals surface area contributed by atoms with Crippen molar-refractivity contribution in [1.29, 1.82) is 0 Å². The molecule has 0 aliphatic rings. The first-order valence-corrected chi connectivity index (χ1v) is 8.36. The molecule has 0 bridgehead atoms. The Kier molecular flexibility index (Phi) is 6.90. The topological polar surface area (TPSA) is 49.4 Å². The standard InChI is InChI=1S/C17H24Cl2N2O2/c1-6-15(22)21(11(2)16(23)20-17(3,4)5)10-12-13(18)8-7-9-14(12)19/h7-9,11H,6,10H2,1-5H3,(H,20,23)/t11-/m0/s1. The predicted octanol–water partition coefficient (Wildman–Crippen LogP) is 4.04. The molecule has 0 aromatic heterocycles. The molecule has 4 nitrogen and oxygen atoms in total. The lowest BCUT2D eigenvalue weighted by molar-refractivity contribution is -0.141. The summed E-state index contributed by atoms with van der Waals surface area (Å²) in [6, 6.07) is 4.57. The van der Waals surface area contributed by atoms with Crippen molar-refractivity contribution in [2.24, 2.45) is 0 Å². The molecule has 23 heavy (non-hydrogen) atoms. The molecule has 2 amide bonds. The summed E-state index contributed by atoms with van der Waals surface area (Å²) >= 11 is 12.4. The van der Waals surface area contributed by atoms with E-state index in [1.54, 1.807) is 32.0 Å². The molecule has 6 heteroatoms. The first-order chi connectivity index (χ1) is 10.6. The number of benzene rings is 1. The van der Waals surface area contributed by atoms with Crippen molar-refractivity contribution in [3.63, 3.8) is 0 Å². The molecule has 0 aliphatic carbocycles. The summed E-state index contributed by atoms with van der Waals surface area (Å²) in [7, 11) is 0. The third kappa shape index (κ3) is 5.70. The molecule has 0 saturated heterocycles. The summed E-state index contributed by atoms with van der Waals surface area (Å²) in [5.41, 5.74) is 0.280. The van der Waals surface area contributed by atoms with Crippen LogP contribution in [0.25, 0.3) is 0 Å². The largest absolute Gasteiger partial charge is 0.350 e. The average molecular weight is 359 g/mol. The molecule has 1 aromatic carbocycles. The predicted molar refractivity (Wildman–Crippen MR) is 94.7 cm³/mol. The molecule has 1 rings (SSSR count). The van der Waals surface area contributed by atoms with Crippen molar-refractivity contribution in [3.05, 3.63) is 33.8 Å². The third-order valence-electron chi connectivity index (χ3n) is 3.36. The van der Waals surface area contributed by atoms with Crippen LogP contribution < -0.4 is 5.32 Å². The molecule has 0 heterocycles. The second-order valence-electron chi connectivity index (χ2n) is 6.49. The Balaban J connectivity index is 3.06. The molecule has 0 fully saturated rings. The second-order valence-corrected chi connectivity index (χ2v) is 7.31. The van der Waals surface area contributed by atoms with Crippen molar-refractivity contribution < 1.29 is 9.59 Å². The highest BCUT2D eigenvalue weighted by Crippen LogP contribution is 2.26. The van der Waals surface area contributed by atoms with Gasteiger partial charge in [0.05, 0.1) is 0 Å². The molecule has 0 radical (unpaired) electrons. The molecule has 0 aliphatic heterocycles. The van der Waals surface area contributed by atoms with E-state index in [-0.39, 0.29) is 23.9 Å². The number of carbonyl (C=O) groups excluding carboxylic acids is 2. The lowest BCUT2D eigenvalue weighted by Gasteiger charge is -2.31. The zero-order chi connectivity index (χ0) is 17.8. The van der Waals surface area contributed by atoms with Crippen molar-refractivity contribution in [1.82, 2.24) is 10.2 Å². The number of carbonyl (C=O) groups is 2. The number of nitrogens with one attached hydrogen (secondary N) is 1. The Labute approximate surface area is 148 Å². The zero-order valence-corrected chi connectivity index (χ0v) is 15.8. The Morgan fingerprint density at radius 2 is 1.74 bits per heavy atom. The van der Waals surface area contributed by atoms with E-state index in [4.69, 9.17) is 23.2 Å². The molecule has 0 unspecified atom stereocenters. The van der Waals surface area contributed by atoms with E-state index in [1.807, 2.05) is 20.8 Å². The van der Waals surface area contributed by atoms with Gasteiger partial charge in [0.25, 0.3) is 0 Å². The molecule has 0 spiro atoms. The number of halogens is 2. The summed E-state index contributed by atoms with van der Waals surface area (Å²) < 4.78 is 0. The Morgan fingerprint density at radius 3 is 2.17 bits per heavy atom. The van der Waals surface area contributed by atoms with Gasteiger partial charge in [0.2, 0.25) is 11.8 Å². The smallest absolute Gasteiger partial charge is 0.242 e. The number of nitrogens with zero attached hydrogens (tertiary/aromatic N) is 1. The maximum Gasteiger partial charge on any atom is 0.242 e. The van der Waals surface area contributed by atoms with Gasteiger partial charge in [-0.25, -0.2) is 0 Å². The van der Waals surface area contributed by atoms with Crippen molar-refractivity contribution in [2.75, 3.05) is 0 Å². The van der Waals surface area contributed by atoms with Crippen molar-refractivity contribution >= 4 is 35.0 Å². The van der Waals surface area contributed by atoms with E-state index in [0.717, 1.165) is 0 Å². The fourth-order valence-electron chi connectivity index (χ4n) is 2.11. The summed E-state index contributed by atoms with van der Waals surface area (Å²) in [6.07, 6.45) is 0.301. The summed E-state index contributed by atoms with van der Waals surface area (Å²) in [4.78, 5) is 26.2. The quantitative estimate of drug-likeness (QED) is 0.863. The second kappa shape index (κ2) is 8.02. The molecular formula is C17H24Cl2N2O2. The van der Waals surface area contributed by atoms with Gasteiger partial charge in [-0.2, -0.15) is 0 Å². The van der Waals surface area contributed by atoms with E-state index in [9.17, 15) is 9.59 Å². The summed E-state index contributed by atoms with van der Waals surface area (Å²) in [6.45, 7) is 9.36. The number of hydrogen-bond donors (Lipinski definition) is 1. The van der Waals surface area contributed by atoms with Crippen molar-refractivity contribution in [3.8, 4) is 0 Å². The number of amides is 2. The van der Waals surface area contributed by atoms with Gasteiger partial charge in [0, 0.05) is 34.1 Å². The van der Waals surface area contributed by atoms with Crippen LogP contribution in [0.1, 0.15) is 46.6 Å². The van der Waals surface area contributed by atoms with Crippen LogP contribution in [0.2, 0.25) is 10.0 Å². The van der Waals surface area contributed by atoms with Crippen LogP contribution in [0, 0.1) is 0 Å². The molecule has 1 aromatic rings. The molecule has 128 valence electrons. The molecule has 0 saturated carbocycles. The third-order valence-corrected chi connectivity index (χ3v) is 4.07. The van der Waals surface area contributed by atoms with Gasteiger partial charge < -0.3 is 10.2 Å². The summed E-state index contributed by atoms with van der Waals surface area (Å²) in [5, 5.41) is 3.86. The van der Waals surface area contributed by atoms with Gasteiger partial charge >= 0.3 is 0 Å². The van der Waals surface area contributed by atoms with Gasteiger partial charge in [-0.1, -0.05) is 36.2 Å². The minimum Gasteiger partial charge on any atom is -0.350 e. The van der Waals surface area contributed by atoms with E-state index in [0.29, 0.717) is 22.0 Å². The van der Waals surface area contributed by atoms with E-state index in [2.05, 4.69) is 5.32 Å². The number of hydrogen-bond acceptors (Lipinski definition) is 2. The summed E-state index contributed by atoms with van der Waals surface area (Å²) in [5.74, 6) is -0.333. The van der Waals surface area contributed by atoms with Crippen LogP contribution >= 0.6 is 23.2 Å². The van der Waals surface area contributed by atoms with Gasteiger partial charge in [-0.05, 0) is 39.8 Å². The van der Waals surface area contributed by atoms with Crippen LogP contribution in [0.4, 0.5) is 0 Å². The Morgan fingerprint density at radius 1 is 1.22 bits per heavy atom. The first-order valence-electron chi connectivity index (χ1n) is 7.61. The lowest BCUT2D eigenvalue weighted by Crippen LogP contribution is -2.52. The minimum atomic E-state index is -0.617.